The molecule has 196 valence electrons. The van der Waals surface area contributed by atoms with Gasteiger partial charge in [0.2, 0.25) is 0 Å². The minimum atomic E-state index is 0.766. The molecular weight excluding hydrogens is 484 g/mol. The van der Waals surface area contributed by atoms with Gasteiger partial charge in [-0.15, -0.1) is 0 Å². The fourth-order valence-electron chi connectivity index (χ4n) is 5.57. The molecule has 0 unspecified atom stereocenters. The number of ether oxygens (including phenoxy) is 1. The quantitative estimate of drug-likeness (QED) is 0.291. The Hall–Kier alpha value is -4.78. The lowest BCUT2D eigenvalue weighted by Gasteiger charge is -2.22. The van der Waals surface area contributed by atoms with Crippen molar-refractivity contribution >= 4 is 22.8 Å². The van der Waals surface area contributed by atoms with Gasteiger partial charge < -0.3 is 24.3 Å². The predicted molar refractivity (Wildman–Crippen MR) is 157 cm³/mol. The van der Waals surface area contributed by atoms with E-state index in [-0.39, 0.29) is 0 Å². The number of hydrogen-bond acceptors (Lipinski definition) is 7. The maximum Gasteiger partial charge on any atom is 0.129 e. The molecule has 7 nitrogen and oxygen atoms in total. The summed E-state index contributed by atoms with van der Waals surface area (Å²) in [6, 6.07) is 24.7. The third kappa shape index (κ3) is 4.68. The zero-order valence-corrected chi connectivity index (χ0v) is 22.7. The summed E-state index contributed by atoms with van der Waals surface area (Å²) in [5, 5.41) is 0. The molecule has 0 bridgehead atoms. The van der Waals surface area contributed by atoms with Gasteiger partial charge in [0.15, 0.2) is 0 Å². The van der Waals surface area contributed by atoms with Crippen LogP contribution in [0.4, 0.5) is 11.4 Å². The average molecular weight is 517 g/mol. The molecule has 2 aliphatic heterocycles. The number of anilines is 2. The summed E-state index contributed by atoms with van der Waals surface area (Å²) in [4.78, 5) is 17.7. The van der Waals surface area contributed by atoms with Crippen LogP contribution in [0.5, 0.6) is 11.5 Å². The summed E-state index contributed by atoms with van der Waals surface area (Å²) < 4.78 is 6.39. The van der Waals surface area contributed by atoms with Gasteiger partial charge >= 0.3 is 0 Å². The van der Waals surface area contributed by atoms with E-state index in [4.69, 9.17) is 4.74 Å². The van der Waals surface area contributed by atoms with Gasteiger partial charge in [-0.2, -0.15) is 0 Å². The van der Waals surface area contributed by atoms with E-state index in [0.717, 1.165) is 47.3 Å². The Morgan fingerprint density at radius 2 is 1.08 bits per heavy atom. The van der Waals surface area contributed by atoms with Crippen LogP contribution < -0.4 is 14.5 Å². The Labute approximate surface area is 229 Å². The van der Waals surface area contributed by atoms with Gasteiger partial charge in [-0.1, -0.05) is 12.1 Å². The van der Waals surface area contributed by atoms with Gasteiger partial charge in [0.1, 0.15) is 11.5 Å². The largest absolute Gasteiger partial charge is 0.457 e. The Balaban J connectivity index is 1.24. The molecule has 0 spiro atoms. The third-order valence-electron chi connectivity index (χ3n) is 7.33. The molecule has 2 aromatic carbocycles. The first-order chi connectivity index (χ1) is 19.0. The highest BCUT2D eigenvalue weighted by Crippen LogP contribution is 2.38. The SMILES string of the molecule is CC1=C(c2cccnc2)N(C)CN1c1cccc(Oc2cccc(N3CN(C)C(c4cccnc4)=C3C)c2)c1. The fourth-order valence-corrected chi connectivity index (χ4v) is 5.57. The normalized spacial score (nSPS) is 15.6. The minimum absolute atomic E-state index is 0.766. The van der Waals surface area contributed by atoms with Crippen LogP contribution >= 0.6 is 0 Å². The summed E-state index contributed by atoms with van der Waals surface area (Å²) in [5.74, 6) is 1.61. The van der Waals surface area contributed by atoms with Crippen molar-refractivity contribution < 1.29 is 4.74 Å². The number of pyridine rings is 2. The summed E-state index contributed by atoms with van der Waals surface area (Å²) in [7, 11) is 4.23. The lowest BCUT2D eigenvalue weighted by atomic mass is 10.1. The Bertz CT molecular complexity index is 1430. The van der Waals surface area contributed by atoms with Crippen molar-refractivity contribution in [2.45, 2.75) is 13.8 Å². The van der Waals surface area contributed by atoms with E-state index >= 15 is 0 Å². The number of benzene rings is 2. The molecule has 7 heteroatoms. The first kappa shape index (κ1) is 24.6. The van der Waals surface area contributed by atoms with Gasteiger partial charge in [-0.25, -0.2) is 0 Å². The third-order valence-corrected chi connectivity index (χ3v) is 7.33. The molecule has 4 heterocycles. The number of aromatic nitrogens is 2. The molecule has 0 atom stereocenters. The van der Waals surface area contributed by atoms with Crippen LogP contribution in [0.2, 0.25) is 0 Å². The van der Waals surface area contributed by atoms with Crippen molar-refractivity contribution in [3.63, 3.8) is 0 Å². The van der Waals surface area contributed by atoms with Crippen molar-refractivity contribution in [3.8, 4) is 11.5 Å². The van der Waals surface area contributed by atoms with Crippen LogP contribution in [-0.2, 0) is 0 Å². The topological polar surface area (TPSA) is 48.0 Å². The van der Waals surface area contributed by atoms with Crippen LogP contribution in [0.25, 0.3) is 11.4 Å². The monoisotopic (exact) mass is 516 g/mol. The van der Waals surface area contributed by atoms with Gasteiger partial charge in [0, 0.05) is 84.9 Å². The lowest BCUT2D eigenvalue weighted by Crippen LogP contribution is -2.24. The van der Waals surface area contributed by atoms with Crippen molar-refractivity contribution in [1.82, 2.24) is 19.8 Å². The van der Waals surface area contributed by atoms with E-state index in [0.29, 0.717) is 0 Å². The van der Waals surface area contributed by atoms with E-state index in [9.17, 15) is 0 Å². The van der Waals surface area contributed by atoms with Crippen LogP contribution in [0.1, 0.15) is 25.0 Å². The zero-order valence-electron chi connectivity index (χ0n) is 22.7. The molecule has 0 fully saturated rings. The minimum Gasteiger partial charge on any atom is -0.457 e. The Morgan fingerprint density at radius 1 is 0.615 bits per heavy atom. The zero-order chi connectivity index (χ0) is 26.9. The van der Waals surface area contributed by atoms with Gasteiger partial charge in [0.25, 0.3) is 0 Å². The molecule has 4 aromatic rings. The number of allylic oxidation sites excluding steroid dienone is 2. The van der Waals surface area contributed by atoms with E-state index in [1.165, 1.54) is 22.8 Å². The number of rotatable bonds is 6. The molecular formula is C32H32N6O. The molecule has 2 aliphatic rings. The van der Waals surface area contributed by atoms with Crippen LogP contribution in [-0.4, -0.2) is 47.2 Å². The van der Waals surface area contributed by atoms with E-state index in [1.807, 2.05) is 48.8 Å². The smallest absolute Gasteiger partial charge is 0.129 e. The molecule has 0 amide bonds. The van der Waals surface area contributed by atoms with Gasteiger partial charge in [-0.3, -0.25) is 9.97 Å². The van der Waals surface area contributed by atoms with Crippen molar-refractivity contribution in [2.75, 3.05) is 37.2 Å². The van der Waals surface area contributed by atoms with Crippen LogP contribution in [0.3, 0.4) is 0 Å². The molecule has 6 rings (SSSR count). The second-order valence-corrected chi connectivity index (χ2v) is 9.98. The summed E-state index contributed by atoms with van der Waals surface area (Å²) in [6.45, 7) is 5.85. The summed E-state index contributed by atoms with van der Waals surface area (Å²) >= 11 is 0. The lowest BCUT2D eigenvalue weighted by molar-refractivity contribution is 0.481. The van der Waals surface area contributed by atoms with E-state index < -0.39 is 0 Å². The van der Waals surface area contributed by atoms with E-state index in [2.05, 4.69) is 93.9 Å². The maximum atomic E-state index is 6.39. The highest BCUT2D eigenvalue weighted by molar-refractivity contribution is 5.76. The summed E-state index contributed by atoms with van der Waals surface area (Å²) in [6.07, 6.45) is 7.45. The molecule has 0 saturated heterocycles. The summed E-state index contributed by atoms with van der Waals surface area (Å²) in [5.41, 5.74) is 9.17. The molecule has 0 radical (unpaired) electrons. The molecule has 0 saturated carbocycles. The van der Waals surface area contributed by atoms with Crippen molar-refractivity contribution in [1.29, 1.82) is 0 Å². The Morgan fingerprint density at radius 3 is 1.49 bits per heavy atom. The van der Waals surface area contributed by atoms with Crippen molar-refractivity contribution in [3.05, 3.63) is 120 Å². The predicted octanol–water partition coefficient (Wildman–Crippen LogP) is 6.46. The highest BCUT2D eigenvalue weighted by atomic mass is 16.5. The molecule has 2 aromatic heterocycles. The van der Waals surface area contributed by atoms with Crippen molar-refractivity contribution in [2.24, 2.45) is 0 Å². The second kappa shape index (κ2) is 10.2. The van der Waals surface area contributed by atoms with Crippen LogP contribution in [0, 0.1) is 0 Å². The standard InChI is InChI=1S/C32H32N6O/c1-23-31(25-9-7-15-33-19-25)35(3)21-37(23)27-11-5-13-29(17-27)39-30-14-6-12-28(18-30)38-22-36(4)32(24(38)2)26-10-8-16-34-20-26/h5-20H,21-22H2,1-4H3. The number of hydrogen-bond donors (Lipinski definition) is 0. The van der Waals surface area contributed by atoms with Gasteiger partial charge in [-0.05, 0) is 62.4 Å². The van der Waals surface area contributed by atoms with E-state index in [1.54, 1.807) is 12.4 Å². The van der Waals surface area contributed by atoms with Crippen LogP contribution in [0.15, 0.2) is 109 Å². The Kier molecular flexibility index (Phi) is 6.40. The first-order valence-corrected chi connectivity index (χ1v) is 13.1. The highest BCUT2D eigenvalue weighted by Gasteiger charge is 2.27. The average Bonchev–Trinajstić information content (AvgIpc) is 3.43. The fraction of sp³-hybridized carbons (Fsp3) is 0.188. The molecule has 39 heavy (non-hydrogen) atoms. The molecule has 0 aliphatic carbocycles. The molecule has 0 N–H and O–H groups in total. The first-order valence-electron chi connectivity index (χ1n) is 13.1. The second-order valence-electron chi connectivity index (χ2n) is 9.98. The van der Waals surface area contributed by atoms with Gasteiger partial charge in [0.05, 0.1) is 24.7 Å². The number of nitrogens with zero attached hydrogens (tertiary/aromatic N) is 6. The maximum absolute atomic E-state index is 6.39.